The number of nitrogens with zero attached hydrogens (tertiary/aromatic N) is 1. The first-order chi connectivity index (χ1) is 11.0. The molecule has 0 spiro atoms. The average Bonchev–Trinajstić information content (AvgIpc) is 3.03. The molecule has 2 aromatic rings. The van der Waals surface area contributed by atoms with Crippen LogP contribution < -0.4 is 5.32 Å². The molecule has 1 N–H and O–H groups in total. The summed E-state index contributed by atoms with van der Waals surface area (Å²) in [5, 5.41) is 5.24. The van der Waals surface area contributed by atoms with E-state index in [1.165, 1.54) is 23.5 Å². The van der Waals surface area contributed by atoms with Crippen LogP contribution in [0.15, 0.2) is 35.7 Å². The van der Waals surface area contributed by atoms with Crippen LogP contribution in [-0.2, 0) is 6.18 Å². The van der Waals surface area contributed by atoms with Crippen molar-refractivity contribution in [1.82, 2.24) is 10.2 Å². The molecule has 2 nitrogen and oxygen atoms in total. The number of piperazine rings is 1. The predicted octanol–water partition coefficient (Wildman–Crippen LogP) is 5.26. The minimum absolute atomic E-state index is 0. The van der Waals surface area contributed by atoms with Crippen molar-refractivity contribution in [1.29, 1.82) is 0 Å². The lowest BCUT2D eigenvalue weighted by Crippen LogP contribution is -2.45. The van der Waals surface area contributed by atoms with Gasteiger partial charge in [-0.25, -0.2) is 0 Å². The Kier molecular flexibility index (Phi) is 8.51. The molecule has 25 heavy (non-hydrogen) atoms. The molecule has 1 fully saturated rings. The molecule has 0 aliphatic carbocycles. The van der Waals surface area contributed by atoms with Crippen molar-refractivity contribution in [3.63, 3.8) is 0 Å². The van der Waals surface area contributed by atoms with E-state index in [2.05, 4.69) is 10.2 Å². The molecule has 1 saturated heterocycles. The summed E-state index contributed by atoms with van der Waals surface area (Å²) in [6, 6.07) is 7.45. The van der Waals surface area contributed by atoms with Crippen LogP contribution >= 0.6 is 47.8 Å². The summed E-state index contributed by atoms with van der Waals surface area (Å²) in [6.07, 6.45) is -4.43. The molecular weight excluding hydrogens is 416 g/mol. The van der Waals surface area contributed by atoms with Gasteiger partial charge in [0.25, 0.3) is 0 Å². The first-order valence-electron chi connectivity index (χ1n) is 7.31. The molecule has 1 atom stereocenters. The molecule has 9 heteroatoms. The van der Waals surface area contributed by atoms with Gasteiger partial charge in [-0.2, -0.15) is 13.2 Å². The third-order valence-electron chi connectivity index (χ3n) is 3.94. The van der Waals surface area contributed by atoms with Crippen molar-refractivity contribution in [2.75, 3.05) is 26.2 Å². The van der Waals surface area contributed by atoms with Crippen molar-refractivity contribution in [3.05, 3.63) is 56.7 Å². The molecule has 0 radical (unpaired) electrons. The van der Waals surface area contributed by atoms with Crippen molar-refractivity contribution in [2.45, 2.75) is 12.2 Å². The van der Waals surface area contributed by atoms with Crippen molar-refractivity contribution < 1.29 is 13.2 Å². The first-order valence-corrected chi connectivity index (χ1v) is 8.57. The molecule has 1 aliphatic heterocycles. The van der Waals surface area contributed by atoms with Crippen LogP contribution in [0.3, 0.4) is 0 Å². The van der Waals surface area contributed by atoms with Gasteiger partial charge in [0.15, 0.2) is 0 Å². The Morgan fingerprint density at radius 3 is 2.36 bits per heavy atom. The second-order valence-electron chi connectivity index (χ2n) is 5.43. The number of halogens is 6. The number of hydrogen-bond donors (Lipinski definition) is 1. The van der Waals surface area contributed by atoms with E-state index in [1.54, 1.807) is 0 Å². The van der Waals surface area contributed by atoms with Gasteiger partial charge in [-0.05, 0) is 29.1 Å². The summed E-state index contributed by atoms with van der Waals surface area (Å²) in [6.45, 7) is 2.97. The number of hydrogen-bond acceptors (Lipinski definition) is 3. The molecule has 1 aromatic carbocycles. The Morgan fingerprint density at radius 1 is 1.12 bits per heavy atom. The summed E-state index contributed by atoms with van der Waals surface area (Å²) in [5.74, 6) is 0. The van der Waals surface area contributed by atoms with Crippen LogP contribution in [0.1, 0.15) is 22.0 Å². The van der Waals surface area contributed by atoms with Crippen molar-refractivity contribution in [3.8, 4) is 0 Å². The topological polar surface area (TPSA) is 15.3 Å². The molecule has 3 rings (SSSR count). The van der Waals surface area contributed by atoms with Gasteiger partial charge >= 0.3 is 6.18 Å². The zero-order valence-electron chi connectivity index (χ0n) is 13.1. The Hall–Kier alpha value is -0.500. The van der Waals surface area contributed by atoms with Gasteiger partial charge in [-0.3, -0.25) is 4.90 Å². The smallest absolute Gasteiger partial charge is 0.314 e. The van der Waals surface area contributed by atoms with Gasteiger partial charge < -0.3 is 5.32 Å². The molecule has 0 unspecified atom stereocenters. The molecule has 140 valence electrons. The number of benzene rings is 1. The van der Waals surface area contributed by atoms with Crippen LogP contribution in [0.2, 0.25) is 5.02 Å². The minimum atomic E-state index is -4.43. The van der Waals surface area contributed by atoms with Crippen LogP contribution in [0, 0.1) is 0 Å². The van der Waals surface area contributed by atoms with E-state index in [-0.39, 0.29) is 35.4 Å². The van der Waals surface area contributed by atoms with Crippen LogP contribution in [0.4, 0.5) is 13.2 Å². The number of rotatable bonds is 3. The molecule has 2 heterocycles. The quantitative estimate of drug-likeness (QED) is 0.710. The normalized spacial score (nSPS) is 16.6. The summed E-state index contributed by atoms with van der Waals surface area (Å²) in [7, 11) is 0. The van der Waals surface area contributed by atoms with E-state index in [4.69, 9.17) is 11.6 Å². The molecule has 0 amide bonds. The SMILES string of the molecule is Cl.Cl.FC(F)(F)c1cc(Cl)ccc1[C@@H](c1cccs1)N1CCNCC1. The van der Waals surface area contributed by atoms with Crippen molar-refractivity contribution in [2.24, 2.45) is 0 Å². The Bertz CT molecular complexity index is 659. The van der Waals surface area contributed by atoms with Crippen LogP contribution in [-0.4, -0.2) is 31.1 Å². The average molecular weight is 434 g/mol. The van der Waals surface area contributed by atoms with E-state index >= 15 is 0 Å². The zero-order chi connectivity index (χ0) is 16.4. The highest BCUT2D eigenvalue weighted by Crippen LogP contribution is 2.41. The number of thiophene rings is 1. The largest absolute Gasteiger partial charge is 0.416 e. The van der Waals surface area contributed by atoms with Crippen LogP contribution in [0.5, 0.6) is 0 Å². The van der Waals surface area contributed by atoms with Gasteiger partial charge in [0.2, 0.25) is 0 Å². The van der Waals surface area contributed by atoms with Gasteiger partial charge in [0.1, 0.15) is 0 Å². The molecule has 1 aromatic heterocycles. The monoisotopic (exact) mass is 432 g/mol. The second-order valence-corrected chi connectivity index (χ2v) is 6.85. The fourth-order valence-electron chi connectivity index (χ4n) is 2.93. The lowest BCUT2D eigenvalue weighted by molar-refractivity contribution is -0.138. The Labute approximate surface area is 166 Å². The fourth-order valence-corrected chi connectivity index (χ4v) is 3.98. The van der Waals surface area contributed by atoms with Gasteiger partial charge in [-0.1, -0.05) is 23.7 Å². The molecule has 0 saturated carbocycles. The highest BCUT2D eigenvalue weighted by atomic mass is 35.5. The lowest BCUT2D eigenvalue weighted by atomic mass is 9.96. The fraction of sp³-hybridized carbons (Fsp3) is 0.375. The summed E-state index contributed by atoms with van der Waals surface area (Å²) >= 11 is 7.30. The van der Waals surface area contributed by atoms with Gasteiger partial charge in [-0.15, -0.1) is 36.2 Å². The highest BCUT2D eigenvalue weighted by Gasteiger charge is 2.37. The van der Waals surface area contributed by atoms with Gasteiger partial charge in [0, 0.05) is 36.1 Å². The van der Waals surface area contributed by atoms with E-state index in [9.17, 15) is 13.2 Å². The van der Waals surface area contributed by atoms with E-state index < -0.39 is 17.8 Å². The Morgan fingerprint density at radius 2 is 1.80 bits per heavy atom. The summed E-state index contributed by atoms with van der Waals surface area (Å²) < 4.78 is 40.5. The number of nitrogens with one attached hydrogen (secondary N) is 1. The third-order valence-corrected chi connectivity index (χ3v) is 5.10. The van der Waals surface area contributed by atoms with E-state index in [0.29, 0.717) is 13.1 Å². The maximum Gasteiger partial charge on any atom is 0.416 e. The maximum atomic E-state index is 13.5. The number of alkyl halides is 3. The highest BCUT2D eigenvalue weighted by molar-refractivity contribution is 7.10. The molecular formula is C16H18Cl3F3N2S. The zero-order valence-corrected chi connectivity index (χ0v) is 16.3. The summed E-state index contributed by atoms with van der Waals surface area (Å²) in [4.78, 5) is 3.01. The van der Waals surface area contributed by atoms with Gasteiger partial charge in [0.05, 0.1) is 11.6 Å². The van der Waals surface area contributed by atoms with E-state index in [0.717, 1.165) is 24.0 Å². The predicted molar refractivity (Wildman–Crippen MR) is 102 cm³/mol. The van der Waals surface area contributed by atoms with E-state index in [1.807, 2.05) is 17.5 Å². The molecule has 0 bridgehead atoms. The lowest BCUT2D eigenvalue weighted by Gasteiger charge is -2.35. The third kappa shape index (κ3) is 5.25. The van der Waals surface area contributed by atoms with Crippen molar-refractivity contribution >= 4 is 47.8 Å². The summed E-state index contributed by atoms with van der Waals surface area (Å²) in [5.41, 5.74) is -0.381. The first kappa shape index (κ1) is 22.5. The molecule has 1 aliphatic rings. The second kappa shape index (κ2) is 9.44. The minimum Gasteiger partial charge on any atom is -0.314 e. The van der Waals surface area contributed by atoms with Crippen LogP contribution in [0.25, 0.3) is 0 Å². The Balaban J connectivity index is 0.00000156. The maximum absolute atomic E-state index is 13.5. The standard InChI is InChI=1S/C16H16ClF3N2S.2ClH/c17-11-3-4-12(13(10-11)16(18,19)20)15(14-2-1-9-23-14)22-7-5-21-6-8-22;;/h1-4,9-10,15,21H,5-8H2;2*1H/t15-;;/m0../s1.